The Morgan fingerprint density at radius 3 is 2.71 bits per heavy atom. The summed E-state index contributed by atoms with van der Waals surface area (Å²) in [7, 11) is -4.01. The van der Waals surface area contributed by atoms with E-state index in [1.54, 1.807) is 10.8 Å². The molecule has 180 valence electrons. The third kappa shape index (κ3) is 5.61. The molecule has 1 aromatic heterocycles. The number of morpholine rings is 1. The molecule has 0 saturated carbocycles. The average Bonchev–Trinajstić information content (AvgIpc) is 3.14. The second-order valence-corrected chi connectivity index (χ2v) is 10.3. The fourth-order valence-corrected chi connectivity index (χ4v) is 4.85. The van der Waals surface area contributed by atoms with E-state index in [2.05, 4.69) is 17.5 Å². The number of nitrogens with zero attached hydrogens (tertiary/aromatic N) is 3. The lowest BCUT2D eigenvalue weighted by Gasteiger charge is -2.35. The van der Waals surface area contributed by atoms with E-state index in [9.17, 15) is 8.42 Å². The first kappa shape index (κ1) is 24.3. The summed E-state index contributed by atoms with van der Waals surface area (Å²) in [4.78, 5) is 1.96. The molecule has 0 amide bonds. The highest BCUT2D eigenvalue weighted by Gasteiger charge is 2.25. The summed E-state index contributed by atoms with van der Waals surface area (Å²) in [5.41, 5.74) is 3.95. The number of primary sulfonamides is 1. The molecule has 0 aliphatic carbocycles. The van der Waals surface area contributed by atoms with Crippen molar-refractivity contribution < 1.29 is 17.5 Å². The standard InChI is InChI=1S/C25H29FN4O3S/c1-4-22-16-29(14-18(3)33-22)15-20-12-21(11-19-7-5-6-17(2)10-19)30(28-20)25-9-8-23(13-24(25)26)34(27,31)32/h4-10,12-13,18,22H,1,11,14-16H2,2-3H3,(H2,27,31,32). The molecule has 4 rings (SSSR count). The number of aryl methyl sites for hydroxylation is 1. The summed E-state index contributed by atoms with van der Waals surface area (Å²) >= 11 is 0. The van der Waals surface area contributed by atoms with Crippen LogP contribution in [0.1, 0.15) is 29.4 Å². The molecule has 0 bridgehead atoms. The minimum Gasteiger partial charge on any atom is -0.369 e. The number of halogens is 1. The van der Waals surface area contributed by atoms with Gasteiger partial charge in [-0.1, -0.05) is 35.9 Å². The zero-order valence-electron chi connectivity index (χ0n) is 19.3. The number of benzene rings is 2. The molecule has 1 fully saturated rings. The highest BCUT2D eigenvalue weighted by molar-refractivity contribution is 7.89. The van der Waals surface area contributed by atoms with E-state index in [0.717, 1.165) is 35.1 Å². The molecule has 3 aromatic rings. The first-order valence-corrected chi connectivity index (χ1v) is 12.6. The summed E-state index contributed by atoms with van der Waals surface area (Å²) < 4.78 is 45.7. The lowest BCUT2D eigenvalue weighted by molar-refractivity contribution is -0.0577. The van der Waals surface area contributed by atoms with Gasteiger partial charge in [-0.25, -0.2) is 22.6 Å². The monoisotopic (exact) mass is 484 g/mol. The summed E-state index contributed by atoms with van der Waals surface area (Å²) in [5, 5.41) is 9.87. The summed E-state index contributed by atoms with van der Waals surface area (Å²) in [6.45, 7) is 9.91. The van der Waals surface area contributed by atoms with E-state index < -0.39 is 15.8 Å². The van der Waals surface area contributed by atoms with Crippen LogP contribution in [-0.2, 0) is 27.7 Å². The van der Waals surface area contributed by atoms with Gasteiger partial charge in [0.1, 0.15) is 11.5 Å². The number of hydrogen-bond acceptors (Lipinski definition) is 5. The molecule has 1 saturated heterocycles. The molecule has 34 heavy (non-hydrogen) atoms. The third-order valence-corrected chi connectivity index (χ3v) is 6.70. The van der Waals surface area contributed by atoms with Gasteiger partial charge in [-0.15, -0.1) is 6.58 Å². The Kier molecular flexibility index (Phi) is 6.99. The quantitative estimate of drug-likeness (QED) is 0.520. The maximum atomic E-state index is 15.0. The maximum Gasteiger partial charge on any atom is 0.238 e. The van der Waals surface area contributed by atoms with Gasteiger partial charge >= 0.3 is 0 Å². The molecular formula is C25H29FN4O3S. The average molecular weight is 485 g/mol. The van der Waals surface area contributed by atoms with Gasteiger partial charge in [0.05, 0.1) is 22.8 Å². The van der Waals surface area contributed by atoms with Gasteiger partial charge in [-0.3, -0.25) is 4.90 Å². The van der Waals surface area contributed by atoms with Crippen LogP contribution in [0.5, 0.6) is 0 Å². The lowest BCUT2D eigenvalue weighted by Crippen LogP contribution is -2.45. The summed E-state index contributed by atoms with van der Waals surface area (Å²) in [6.07, 6.45) is 2.35. The van der Waals surface area contributed by atoms with Gasteiger partial charge in [0.15, 0.2) is 0 Å². The number of nitrogens with two attached hydrogens (primary N) is 1. The Bertz CT molecular complexity index is 1310. The molecule has 9 heteroatoms. The fourth-order valence-electron chi connectivity index (χ4n) is 4.32. The van der Waals surface area contributed by atoms with Crippen LogP contribution in [0.15, 0.2) is 66.1 Å². The van der Waals surface area contributed by atoms with Crippen molar-refractivity contribution in [2.45, 2.75) is 43.9 Å². The molecule has 2 heterocycles. The van der Waals surface area contributed by atoms with Crippen LogP contribution in [0.2, 0.25) is 0 Å². The Morgan fingerprint density at radius 1 is 1.24 bits per heavy atom. The number of ether oxygens (including phenoxy) is 1. The molecule has 2 N–H and O–H groups in total. The van der Waals surface area contributed by atoms with Crippen molar-refractivity contribution in [2.75, 3.05) is 13.1 Å². The minimum atomic E-state index is -4.01. The van der Waals surface area contributed by atoms with E-state index in [4.69, 9.17) is 15.0 Å². The van der Waals surface area contributed by atoms with Crippen molar-refractivity contribution >= 4 is 10.0 Å². The molecule has 2 atom stereocenters. The van der Waals surface area contributed by atoms with Gasteiger partial charge in [0, 0.05) is 31.7 Å². The molecule has 2 aromatic carbocycles. The number of hydrogen-bond donors (Lipinski definition) is 1. The van der Waals surface area contributed by atoms with Crippen molar-refractivity contribution in [3.8, 4) is 5.69 Å². The van der Waals surface area contributed by atoms with Crippen LogP contribution in [0.25, 0.3) is 5.69 Å². The topological polar surface area (TPSA) is 90.5 Å². The second-order valence-electron chi connectivity index (χ2n) is 8.78. The highest BCUT2D eigenvalue weighted by Crippen LogP contribution is 2.23. The first-order valence-electron chi connectivity index (χ1n) is 11.1. The Hall–Kier alpha value is -2.85. The van der Waals surface area contributed by atoms with Gasteiger partial charge < -0.3 is 4.74 Å². The normalized spacial score (nSPS) is 19.3. The van der Waals surface area contributed by atoms with Crippen LogP contribution in [0.4, 0.5) is 4.39 Å². The Morgan fingerprint density at radius 2 is 2.03 bits per heavy atom. The molecule has 2 unspecified atom stereocenters. The molecule has 0 spiro atoms. The summed E-state index contributed by atoms with van der Waals surface area (Å²) in [6, 6.07) is 13.7. The first-order chi connectivity index (χ1) is 16.1. The molecule has 1 aliphatic rings. The van der Waals surface area contributed by atoms with E-state index in [0.29, 0.717) is 19.5 Å². The van der Waals surface area contributed by atoms with E-state index >= 15 is 4.39 Å². The van der Waals surface area contributed by atoms with Gasteiger partial charge in [-0.05, 0) is 43.7 Å². The van der Waals surface area contributed by atoms with Gasteiger partial charge in [0.25, 0.3) is 0 Å². The highest BCUT2D eigenvalue weighted by atomic mass is 32.2. The van der Waals surface area contributed by atoms with Crippen LogP contribution in [-0.4, -0.2) is 48.4 Å². The zero-order valence-corrected chi connectivity index (χ0v) is 20.1. The smallest absolute Gasteiger partial charge is 0.238 e. The maximum absolute atomic E-state index is 15.0. The Balaban J connectivity index is 1.70. The number of rotatable bonds is 7. The number of sulfonamides is 1. The van der Waals surface area contributed by atoms with Crippen molar-refractivity contribution in [3.63, 3.8) is 0 Å². The summed E-state index contributed by atoms with van der Waals surface area (Å²) in [5.74, 6) is -0.710. The minimum absolute atomic E-state index is 0.0548. The molecule has 0 radical (unpaired) electrons. The van der Waals surface area contributed by atoms with Crippen molar-refractivity contribution in [1.29, 1.82) is 0 Å². The Labute approximate surface area is 199 Å². The fraction of sp³-hybridized carbons (Fsp3) is 0.320. The van der Waals surface area contributed by atoms with Crippen LogP contribution >= 0.6 is 0 Å². The van der Waals surface area contributed by atoms with Gasteiger partial charge in [0.2, 0.25) is 10.0 Å². The van der Waals surface area contributed by atoms with E-state index in [1.165, 1.54) is 12.1 Å². The predicted octanol–water partition coefficient (Wildman–Crippen LogP) is 3.33. The van der Waals surface area contributed by atoms with Crippen molar-refractivity contribution in [2.24, 2.45) is 5.14 Å². The van der Waals surface area contributed by atoms with Crippen LogP contribution in [0, 0.1) is 12.7 Å². The molecule has 7 nitrogen and oxygen atoms in total. The largest absolute Gasteiger partial charge is 0.369 e. The second kappa shape index (κ2) is 9.79. The van der Waals surface area contributed by atoms with E-state index in [-0.39, 0.29) is 22.8 Å². The molecule has 1 aliphatic heterocycles. The third-order valence-electron chi connectivity index (χ3n) is 5.79. The van der Waals surface area contributed by atoms with Crippen LogP contribution < -0.4 is 5.14 Å². The van der Waals surface area contributed by atoms with Crippen molar-refractivity contribution in [1.82, 2.24) is 14.7 Å². The SMILES string of the molecule is C=CC1CN(Cc2cc(Cc3cccc(C)c3)n(-c3ccc(S(N)(=O)=O)cc3F)n2)CC(C)O1. The molecular weight excluding hydrogens is 455 g/mol. The van der Waals surface area contributed by atoms with Gasteiger partial charge in [-0.2, -0.15) is 5.10 Å². The predicted molar refractivity (Wildman–Crippen MR) is 129 cm³/mol. The van der Waals surface area contributed by atoms with Crippen LogP contribution in [0.3, 0.4) is 0 Å². The van der Waals surface area contributed by atoms with Crippen molar-refractivity contribution in [3.05, 3.63) is 89.5 Å². The van der Waals surface area contributed by atoms with E-state index in [1.807, 2.05) is 38.1 Å². The zero-order chi connectivity index (χ0) is 24.5. The lowest BCUT2D eigenvalue weighted by atomic mass is 10.1. The number of aromatic nitrogens is 2.